The number of methoxy groups -OCH3 is 1. The van der Waals surface area contributed by atoms with Crippen LogP contribution in [0, 0.1) is 0 Å². The predicted octanol–water partition coefficient (Wildman–Crippen LogP) is 0.991. The van der Waals surface area contributed by atoms with Crippen molar-refractivity contribution in [1.82, 2.24) is 5.43 Å². The van der Waals surface area contributed by atoms with Gasteiger partial charge in [0.25, 0.3) is 0 Å². The minimum atomic E-state index is -2.99. The van der Waals surface area contributed by atoms with Gasteiger partial charge < -0.3 is 4.74 Å². The van der Waals surface area contributed by atoms with Crippen LogP contribution in [0.3, 0.4) is 0 Å². The number of rotatable bonds is 6. The zero-order valence-electron chi connectivity index (χ0n) is 11.6. The molecule has 1 fully saturated rings. The number of hydrogen-bond donors (Lipinski definition) is 2. The standard InChI is InChI=1S/C12H26N2O3S/c1-12(2,17-3)8-7-10(14-13)11-6-4-5-9-18(11,15)16/h10-11,14H,4-9,13H2,1-3H3. The van der Waals surface area contributed by atoms with Gasteiger partial charge in [0.1, 0.15) is 0 Å². The average molecular weight is 278 g/mol. The van der Waals surface area contributed by atoms with Crippen LogP contribution in [0.4, 0.5) is 0 Å². The molecule has 1 aliphatic heterocycles. The molecule has 0 aromatic rings. The van der Waals surface area contributed by atoms with Crippen molar-refractivity contribution in [2.24, 2.45) is 5.84 Å². The molecular formula is C12H26N2O3S. The van der Waals surface area contributed by atoms with Crippen LogP contribution in [0.5, 0.6) is 0 Å². The van der Waals surface area contributed by atoms with Crippen LogP contribution in [0.2, 0.25) is 0 Å². The number of nitrogens with one attached hydrogen (secondary N) is 1. The van der Waals surface area contributed by atoms with Crippen LogP contribution in [-0.4, -0.2) is 38.2 Å². The highest BCUT2D eigenvalue weighted by molar-refractivity contribution is 7.92. The van der Waals surface area contributed by atoms with Gasteiger partial charge in [0.05, 0.1) is 16.6 Å². The quantitative estimate of drug-likeness (QED) is 0.559. The first-order valence-corrected chi connectivity index (χ1v) is 8.27. The molecule has 0 radical (unpaired) electrons. The van der Waals surface area contributed by atoms with E-state index in [1.807, 2.05) is 13.8 Å². The number of nitrogens with two attached hydrogens (primary N) is 1. The molecule has 2 unspecified atom stereocenters. The van der Waals surface area contributed by atoms with Crippen molar-refractivity contribution in [2.75, 3.05) is 12.9 Å². The second kappa shape index (κ2) is 6.32. The molecule has 1 saturated heterocycles. The molecule has 1 rings (SSSR count). The Morgan fingerprint density at radius 1 is 1.44 bits per heavy atom. The molecule has 0 spiro atoms. The summed E-state index contributed by atoms with van der Waals surface area (Å²) in [7, 11) is -1.32. The second-order valence-corrected chi connectivity index (χ2v) is 8.02. The van der Waals surface area contributed by atoms with Gasteiger partial charge in [-0.05, 0) is 39.5 Å². The van der Waals surface area contributed by atoms with E-state index in [4.69, 9.17) is 10.6 Å². The summed E-state index contributed by atoms with van der Waals surface area (Å²) in [6, 6.07) is -0.176. The summed E-state index contributed by atoms with van der Waals surface area (Å²) in [5.41, 5.74) is 2.45. The maximum atomic E-state index is 12.0. The van der Waals surface area contributed by atoms with E-state index in [2.05, 4.69) is 5.43 Å². The van der Waals surface area contributed by atoms with Crippen molar-refractivity contribution < 1.29 is 13.2 Å². The van der Waals surface area contributed by atoms with E-state index < -0.39 is 9.84 Å². The molecule has 6 heteroatoms. The Hall–Kier alpha value is -0.170. The molecule has 1 heterocycles. The third-order valence-corrected chi connectivity index (χ3v) is 6.25. The van der Waals surface area contributed by atoms with E-state index >= 15 is 0 Å². The minimum Gasteiger partial charge on any atom is -0.379 e. The van der Waals surface area contributed by atoms with Crippen molar-refractivity contribution in [3.63, 3.8) is 0 Å². The Morgan fingerprint density at radius 3 is 2.61 bits per heavy atom. The zero-order chi connectivity index (χ0) is 13.8. The van der Waals surface area contributed by atoms with E-state index in [9.17, 15) is 8.42 Å². The molecule has 0 bridgehead atoms. The van der Waals surface area contributed by atoms with E-state index in [0.29, 0.717) is 18.6 Å². The van der Waals surface area contributed by atoms with Gasteiger partial charge in [-0.1, -0.05) is 6.42 Å². The lowest BCUT2D eigenvalue weighted by molar-refractivity contribution is 0.0115. The largest absolute Gasteiger partial charge is 0.379 e. The molecule has 0 aliphatic carbocycles. The summed E-state index contributed by atoms with van der Waals surface area (Å²) in [5.74, 6) is 5.84. The van der Waals surface area contributed by atoms with Crippen molar-refractivity contribution >= 4 is 9.84 Å². The van der Waals surface area contributed by atoms with Crippen molar-refractivity contribution in [1.29, 1.82) is 0 Å². The van der Waals surface area contributed by atoms with Gasteiger partial charge in [0.15, 0.2) is 9.84 Å². The Balaban J connectivity index is 2.65. The topological polar surface area (TPSA) is 81.4 Å². The number of ether oxygens (including phenoxy) is 1. The predicted molar refractivity (Wildman–Crippen MR) is 72.9 cm³/mol. The maximum absolute atomic E-state index is 12.0. The van der Waals surface area contributed by atoms with Gasteiger partial charge in [-0.15, -0.1) is 0 Å². The van der Waals surface area contributed by atoms with Crippen LogP contribution in [0.25, 0.3) is 0 Å². The molecule has 5 nitrogen and oxygen atoms in total. The molecule has 2 atom stereocenters. The highest BCUT2D eigenvalue weighted by Crippen LogP contribution is 2.26. The first-order chi connectivity index (χ1) is 8.32. The van der Waals surface area contributed by atoms with Gasteiger partial charge in [-0.3, -0.25) is 11.3 Å². The molecule has 0 amide bonds. The monoisotopic (exact) mass is 278 g/mol. The van der Waals surface area contributed by atoms with E-state index in [-0.39, 0.29) is 16.9 Å². The maximum Gasteiger partial charge on any atom is 0.154 e. The summed E-state index contributed by atoms with van der Waals surface area (Å²) in [6.45, 7) is 3.99. The summed E-state index contributed by atoms with van der Waals surface area (Å²) in [4.78, 5) is 0. The van der Waals surface area contributed by atoms with Crippen LogP contribution in [0.1, 0.15) is 46.0 Å². The van der Waals surface area contributed by atoms with Crippen LogP contribution in [-0.2, 0) is 14.6 Å². The fraction of sp³-hybridized carbons (Fsp3) is 1.00. The molecule has 18 heavy (non-hydrogen) atoms. The lowest BCUT2D eigenvalue weighted by atomic mass is 9.96. The van der Waals surface area contributed by atoms with Crippen LogP contribution < -0.4 is 11.3 Å². The number of sulfone groups is 1. The fourth-order valence-corrected chi connectivity index (χ4v) is 4.56. The van der Waals surface area contributed by atoms with Crippen molar-refractivity contribution in [3.05, 3.63) is 0 Å². The first-order valence-electron chi connectivity index (χ1n) is 6.55. The SMILES string of the molecule is COC(C)(C)CCC(NN)C1CCCCS1(=O)=O. The van der Waals surface area contributed by atoms with E-state index in [1.165, 1.54) is 0 Å². The molecule has 0 saturated carbocycles. The third kappa shape index (κ3) is 4.19. The number of hydrazine groups is 1. The smallest absolute Gasteiger partial charge is 0.154 e. The van der Waals surface area contributed by atoms with Gasteiger partial charge in [-0.25, -0.2) is 8.42 Å². The Kier molecular flexibility index (Phi) is 5.58. The highest BCUT2D eigenvalue weighted by Gasteiger charge is 2.35. The normalized spacial score (nSPS) is 25.9. The lowest BCUT2D eigenvalue weighted by Gasteiger charge is -2.32. The minimum absolute atomic E-state index is 0.176. The molecule has 0 aromatic carbocycles. The average Bonchev–Trinajstić information content (AvgIpc) is 2.31. The summed E-state index contributed by atoms with van der Waals surface area (Å²) in [5, 5.41) is -0.344. The van der Waals surface area contributed by atoms with E-state index in [1.54, 1.807) is 7.11 Å². The Labute approximate surface area is 110 Å². The molecule has 1 aliphatic rings. The zero-order valence-corrected chi connectivity index (χ0v) is 12.4. The van der Waals surface area contributed by atoms with E-state index in [0.717, 1.165) is 19.3 Å². The number of hydrogen-bond acceptors (Lipinski definition) is 5. The lowest BCUT2D eigenvalue weighted by Crippen LogP contribution is -2.50. The highest BCUT2D eigenvalue weighted by atomic mass is 32.2. The first kappa shape index (κ1) is 15.9. The molecule has 3 N–H and O–H groups in total. The van der Waals surface area contributed by atoms with Gasteiger partial charge >= 0.3 is 0 Å². The third-order valence-electron chi connectivity index (χ3n) is 3.90. The summed E-state index contributed by atoms with van der Waals surface area (Å²) < 4.78 is 29.5. The second-order valence-electron chi connectivity index (χ2n) is 5.68. The van der Waals surface area contributed by atoms with Crippen molar-refractivity contribution in [3.8, 4) is 0 Å². The van der Waals surface area contributed by atoms with Crippen LogP contribution in [0.15, 0.2) is 0 Å². The van der Waals surface area contributed by atoms with Crippen molar-refractivity contribution in [2.45, 2.75) is 62.8 Å². The molecular weight excluding hydrogens is 252 g/mol. The fourth-order valence-electron chi connectivity index (χ4n) is 2.41. The van der Waals surface area contributed by atoms with Crippen LogP contribution >= 0.6 is 0 Å². The summed E-state index contributed by atoms with van der Waals surface area (Å²) in [6.07, 6.45) is 3.95. The van der Waals surface area contributed by atoms with Gasteiger partial charge in [0.2, 0.25) is 0 Å². The van der Waals surface area contributed by atoms with Gasteiger partial charge in [0, 0.05) is 13.2 Å². The molecule has 0 aromatic heterocycles. The van der Waals surface area contributed by atoms with Gasteiger partial charge in [-0.2, -0.15) is 0 Å². The summed E-state index contributed by atoms with van der Waals surface area (Å²) >= 11 is 0. The molecule has 108 valence electrons. The Morgan fingerprint density at radius 2 is 2.11 bits per heavy atom. The Bertz CT molecular complexity index is 354.